The molecule has 21 heavy (non-hydrogen) atoms. The molecule has 0 saturated heterocycles. The van der Waals surface area contributed by atoms with Gasteiger partial charge in [0.15, 0.2) is 0 Å². The number of hydrogen-bond acceptors (Lipinski definition) is 3. The molecule has 0 aliphatic carbocycles. The molecule has 0 heterocycles. The second-order valence-corrected chi connectivity index (χ2v) is 5.52. The van der Waals surface area contributed by atoms with Crippen molar-refractivity contribution in [3.05, 3.63) is 58.4 Å². The molecule has 0 aliphatic rings. The molecule has 2 aromatic rings. The van der Waals surface area contributed by atoms with Gasteiger partial charge in [0.2, 0.25) is 0 Å². The Labute approximate surface area is 129 Å². The molecule has 3 nitrogen and oxygen atoms in total. The SMILES string of the molecule is Cc1cccc(F)c1CN(C)c1c(Cl)cccc1N(C)N. The number of halogens is 2. The number of aryl methyl sites for hydroxylation is 1. The summed E-state index contributed by atoms with van der Waals surface area (Å²) >= 11 is 6.30. The molecular weight excluding hydrogens is 289 g/mol. The highest BCUT2D eigenvalue weighted by molar-refractivity contribution is 6.34. The van der Waals surface area contributed by atoms with Crippen LogP contribution in [0.5, 0.6) is 0 Å². The molecule has 2 N–H and O–H groups in total. The quantitative estimate of drug-likeness (QED) is 0.690. The van der Waals surface area contributed by atoms with Crippen molar-refractivity contribution in [1.29, 1.82) is 0 Å². The Morgan fingerprint density at radius 3 is 2.43 bits per heavy atom. The van der Waals surface area contributed by atoms with Gasteiger partial charge in [0.05, 0.1) is 16.4 Å². The molecule has 5 heteroatoms. The molecule has 2 rings (SSSR count). The summed E-state index contributed by atoms with van der Waals surface area (Å²) in [4.78, 5) is 1.91. The molecule has 0 saturated carbocycles. The van der Waals surface area contributed by atoms with Gasteiger partial charge in [-0.15, -0.1) is 0 Å². The van der Waals surface area contributed by atoms with Crippen molar-refractivity contribution >= 4 is 23.0 Å². The van der Waals surface area contributed by atoms with E-state index in [1.807, 2.05) is 37.1 Å². The number of para-hydroxylation sites is 1. The Hall–Kier alpha value is -1.78. The van der Waals surface area contributed by atoms with Crippen molar-refractivity contribution in [2.45, 2.75) is 13.5 Å². The van der Waals surface area contributed by atoms with E-state index in [9.17, 15) is 4.39 Å². The number of nitrogens with two attached hydrogens (primary N) is 1. The molecule has 0 radical (unpaired) electrons. The van der Waals surface area contributed by atoms with E-state index in [-0.39, 0.29) is 5.82 Å². The van der Waals surface area contributed by atoms with Crippen LogP contribution in [0.2, 0.25) is 5.02 Å². The average molecular weight is 308 g/mol. The maximum absolute atomic E-state index is 14.0. The summed E-state index contributed by atoms with van der Waals surface area (Å²) in [5.41, 5.74) is 3.15. The second-order valence-electron chi connectivity index (χ2n) is 5.11. The summed E-state index contributed by atoms with van der Waals surface area (Å²) in [5, 5.41) is 2.09. The zero-order chi connectivity index (χ0) is 15.6. The molecule has 2 aromatic carbocycles. The monoisotopic (exact) mass is 307 g/mol. The predicted octanol–water partition coefficient (Wildman–Crippen LogP) is 3.73. The van der Waals surface area contributed by atoms with Crippen LogP contribution in [0.4, 0.5) is 15.8 Å². The highest BCUT2D eigenvalue weighted by Gasteiger charge is 2.16. The fraction of sp³-hybridized carbons (Fsp3) is 0.250. The molecule has 0 bridgehead atoms. The van der Waals surface area contributed by atoms with Crippen LogP contribution in [0.25, 0.3) is 0 Å². The smallest absolute Gasteiger partial charge is 0.128 e. The maximum atomic E-state index is 14.0. The van der Waals surface area contributed by atoms with Crippen LogP contribution in [-0.2, 0) is 6.54 Å². The normalized spacial score (nSPS) is 10.6. The Bertz CT molecular complexity index is 623. The molecule has 112 valence electrons. The van der Waals surface area contributed by atoms with Gasteiger partial charge < -0.3 is 9.91 Å². The summed E-state index contributed by atoms with van der Waals surface area (Å²) in [6, 6.07) is 10.6. The minimum Gasteiger partial charge on any atom is -0.367 e. The first-order chi connectivity index (χ1) is 9.91. The summed E-state index contributed by atoms with van der Waals surface area (Å²) in [6.45, 7) is 2.32. The minimum atomic E-state index is -0.212. The molecule has 0 aliphatic heterocycles. The average Bonchev–Trinajstić information content (AvgIpc) is 2.42. The van der Waals surface area contributed by atoms with Gasteiger partial charge in [0.25, 0.3) is 0 Å². The van der Waals surface area contributed by atoms with E-state index in [0.717, 1.165) is 16.9 Å². The Balaban J connectivity index is 2.39. The van der Waals surface area contributed by atoms with Gasteiger partial charge in [-0.1, -0.05) is 29.8 Å². The van der Waals surface area contributed by atoms with Crippen molar-refractivity contribution in [2.24, 2.45) is 5.84 Å². The number of rotatable bonds is 4. The van der Waals surface area contributed by atoms with E-state index in [4.69, 9.17) is 17.4 Å². The summed E-state index contributed by atoms with van der Waals surface area (Å²) in [5.74, 6) is 5.64. The largest absolute Gasteiger partial charge is 0.367 e. The molecule has 0 fully saturated rings. The summed E-state index contributed by atoms with van der Waals surface area (Å²) in [6.07, 6.45) is 0. The van der Waals surface area contributed by atoms with Gasteiger partial charge in [0.1, 0.15) is 5.82 Å². The van der Waals surface area contributed by atoms with E-state index < -0.39 is 0 Å². The van der Waals surface area contributed by atoms with Crippen molar-refractivity contribution in [1.82, 2.24) is 0 Å². The standard InChI is InChI=1S/C16H19ClFN3/c1-11-6-4-8-14(18)12(11)10-20(2)16-13(17)7-5-9-15(16)21(3)19/h4-9H,10,19H2,1-3H3. The number of anilines is 2. The minimum absolute atomic E-state index is 0.212. The Morgan fingerprint density at radius 2 is 1.81 bits per heavy atom. The van der Waals surface area contributed by atoms with Gasteiger partial charge in [-0.3, -0.25) is 0 Å². The Morgan fingerprint density at radius 1 is 1.14 bits per heavy atom. The molecule has 0 spiro atoms. The lowest BCUT2D eigenvalue weighted by Crippen LogP contribution is -2.28. The van der Waals surface area contributed by atoms with Crippen LogP contribution in [0.15, 0.2) is 36.4 Å². The first-order valence-corrected chi connectivity index (χ1v) is 7.01. The molecular formula is C16H19ClFN3. The Kier molecular flexibility index (Phi) is 4.70. The molecule has 0 amide bonds. The van der Waals surface area contributed by atoms with Gasteiger partial charge in [0, 0.05) is 26.2 Å². The number of hydrazine groups is 1. The third-order valence-electron chi connectivity index (χ3n) is 3.48. The lowest BCUT2D eigenvalue weighted by atomic mass is 10.1. The first kappa shape index (κ1) is 15.6. The predicted molar refractivity (Wildman–Crippen MR) is 87.3 cm³/mol. The van der Waals surface area contributed by atoms with Crippen LogP contribution in [0, 0.1) is 12.7 Å². The van der Waals surface area contributed by atoms with E-state index in [2.05, 4.69) is 0 Å². The van der Waals surface area contributed by atoms with Crippen LogP contribution in [0.1, 0.15) is 11.1 Å². The highest BCUT2D eigenvalue weighted by atomic mass is 35.5. The highest BCUT2D eigenvalue weighted by Crippen LogP contribution is 2.35. The van der Waals surface area contributed by atoms with Gasteiger partial charge in [-0.2, -0.15) is 0 Å². The van der Waals surface area contributed by atoms with Crippen LogP contribution in [-0.4, -0.2) is 14.1 Å². The van der Waals surface area contributed by atoms with E-state index in [1.165, 1.54) is 11.1 Å². The topological polar surface area (TPSA) is 32.5 Å². The zero-order valence-electron chi connectivity index (χ0n) is 12.4. The number of nitrogens with zero attached hydrogens (tertiary/aromatic N) is 2. The van der Waals surface area contributed by atoms with Crippen molar-refractivity contribution < 1.29 is 4.39 Å². The van der Waals surface area contributed by atoms with E-state index in [1.54, 1.807) is 19.2 Å². The lowest BCUT2D eigenvalue weighted by Gasteiger charge is -2.27. The van der Waals surface area contributed by atoms with Crippen molar-refractivity contribution in [2.75, 3.05) is 24.0 Å². The molecule has 0 aromatic heterocycles. The lowest BCUT2D eigenvalue weighted by molar-refractivity contribution is 0.606. The summed E-state index contributed by atoms with van der Waals surface area (Å²) < 4.78 is 14.0. The first-order valence-electron chi connectivity index (χ1n) is 6.64. The maximum Gasteiger partial charge on any atom is 0.128 e. The van der Waals surface area contributed by atoms with E-state index in [0.29, 0.717) is 17.1 Å². The van der Waals surface area contributed by atoms with Crippen molar-refractivity contribution in [3.63, 3.8) is 0 Å². The molecule has 0 unspecified atom stereocenters. The van der Waals surface area contributed by atoms with Crippen LogP contribution in [0.3, 0.4) is 0 Å². The fourth-order valence-corrected chi connectivity index (χ4v) is 2.66. The number of hydrogen-bond donors (Lipinski definition) is 1. The second kappa shape index (κ2) is 6.33. The van der Waals surface area contributed by atoms with Gasteiger partial charge >= 0.3 is 0 Å². The number of benzene rings is 2. The van der Waals surface area contributed by atoms with Gasteiger partial charge in [-0.25, -0.2) is 10.2 Å². The molecule has 0 atom stereocenters. The third-order valence-corrected chi connectivity index (χ3v) is 3.78. The fourth-order valence-electron chi connectivity index (χ4n) is 2.35. The third kappa shape index (κ3) is 3.28. The van der Waals surface area contributed by atoms with Crippen LogP contribution >= 0.6 is 11.6 Å². The zero-order valence-corrected chi connectivity index (χ0v) is 13.2. The van der Waals surface area contributed by atoms with Gasteiger partial charge in [-0.05, 0) is 30.7 Å². The van der Waals surface area contributed by atoms with Crippen LogP contribution < -0.4 is 15.8 Å². The summed E-state index contributed by atoms with van der Waals surface area (Å²) in [7, 11) is 3.62. The van der Waals surface area contributed by atoms with Crippen molar-refractivity contribution in [3.8, 4) is 0 Å². The van der Waals surface area contributed by atoms with E-state index >= 15 is 0 Å².